The molecule has 11 nitrogen and oxygen atoms in total. The summed E-state index contributed by atoms with van der Waals surface area (Å²) in [5.74, 6) is 0.407. The molecule has 0 aliphatic carbocycles. The first kappa shape index (κ1) is 19.8. The number of aliphatic hydroxyl groups is 2. The van der Waals surface area contributed by atoms with E-state index in [-0.39, 0.29) is 0 Å². The number of carbonyl (C=O) groups is 1. The van der Waals surface area contributed by atoms with Gasteiger partial charge in [-0.3, -0.25) is 9.36 Å². The van der Waals surface area contributed by atoms with E-state index in [4.69, 9.17) is 15.6 Å². The van der Waals surface area contributed by atoms with E-state index in [1.165, 1.54) is 24.4 Å². The third-order valence-corrected chi connectivity index (χ3v) is 5.47. The minimum absolute atomic E-state index is 0.310. The zero-order valence-corrected chi connectivity index (χ0v) is 15.4. The molecule has 0 aromatic carbocycles. The first-order chi connectivity index (χ1) is 12.9. The van der Waals surface area contributed by atoms with Crippen molar-refractivity contribution in [3.05, 3.63) is 12.7 Å². The molecule has 3 heterocycles. The van der Waals surface area contributed by atoms with Crippen molar-refractivity contribution in [3.8, 4) is 0 Å². The SMILES string of the molecule is CNc1ncnc2c1ncn2C1O[C@H](CSCC[C@H](N)C(=O)O)[C@@H](O)[C@H]1O. The Bertz CT molecular complexity index is 804. The number of aromatic nitrogens is 4. The predicted molar refractivity (Wildman–Crippen MR) is 98.3 cm³/mol. The molecule has 148 valence electrons. The Morgan fingerprint density at radius 2 is 2.19 bits per heavy atom. The number of aliphatic hydroxyl groups excluding tert-OH is 2. The molecular formula is C15H22N6O5S. The second kappa shape index (κ2) is 8.35. The van der Waals surface area contributed by atoms with Crippen molar-refractivity contribution >= 4 is 34.7 Å². The number of imidazole rings is 1. The van der Waals surface area contributed by atoms with Crippen molar-refractivity contribution in [2.75, 3.05) is 23.9 Å². The van der Waals surface area contributed by atoms with Crippen molar-refractivity contribution in [2.24, 2.45) is 5.73 Å². The Hall–Kier alpha value is -1.99. The molecular weight excluding hydrogens is 376 g/mol. The van der Waals surface area contributed by atoms with E-state index >= 15 is 0 Å². The van der Waals surface area contributed by atoms with E-state index in [1.807, 2.05) is 0 Å². The van der Waals surface area contributed by atoms with Crippen LogP contribution in [0.3, 0.4) is 0 Å². The Morgan fingerprint density at radius 1 is 1.41 bits per heavy atom. The van der Waals surface area contributed by atoms with E-state index < -0.39 is 36.6 Å². The molecule has 2 aromatic heterocycles. The number of nitrogens with two attached hydrogens (primary N) is 1. The summed E-state index contributed by atoms with van der Waals surface area (Å²) in [6.45, 7) is 0. The topological polar surface area (TPSA) is 169 Å². The minimum atomic E-state index is -1.15. The number of ether oxygens (including phenoxy) is 1. The molecule has 6 N–H and O–H groups in total. The Labute approximate surface area is 159 Å². The first-order valence-corrected chi connectivity index (χ1v) is 9.52. The van der Waals surface area contributed by atoms with Crippen molar-refractivity contribution in [2.45, 2.75) is 37.0 Å². The summed E-state index contributed by atoms with van der Waals surface area (Å²) >= 11 is 1.41. The zero-order chi connectivity index (χ0) is 19.6. The normalized spacial score (nSPS) is 26.4. The maximum atomic E-state index is 10.7. The molecule has 0 saturated carbocycles. The summed E-state index contributed by atoms with van der Waals surface area (Å²) in [7, 11) is 1.72. The number of hydrogen-bond acceptors (Lipinski definition) is 10. The summed E-state index contributed by atoms with van der Waals surface area (Å²) < 4.78 is 7.41. The van der Waals surface area contributed by atoms with Crippen molar-refractivity contribution in [1.29, 1.82) is 0 Å². The standard InChI is InChI=1S/C15H22N6O5S/c1-17-12-9-13(19-5-18-12)21(6-20-9)14-11(23)10(22)8(26-14)4-27-3-2-7(16)15(24)25/h5-8,10-11,14,22-23H,2-4,16H2,1H3,(H,24,25)(H,17,18,19)/t7-,8+,10+,11+,14?/m0/s1. The number of carboxylic acids is 1. The van der Waals surface area contributed by atoms with Crippen LogP contribution in [0.1, 0.15) is 12.6 Å². The number of thioether (sulfide) groups is 1. The van der Waals surface area contributed by atoms with Crippen LogP contribution in [0.5, 0.6) is 0 Å². The molecule has 27 heavy (non-hydrogen) atoms. The number of carboxylic acid groups (broad SMARTS) is 1. The van der Waals surface area contributed by atoms with Crippen LogP contribution >= 0.6 is 11.8 Å². The van der Waals surface area contributed by atoms with Gasteiger partial charge in [0.05, 0.1) is 12.4 Å². The molecule has 0 bridgehead atoms. The smallest absolute Gasteiger partial charge is 0.320 e. The number of fused-ring (bicyclic) bond motifs is 1. The molecule has 5 atom stereocenters. The highest BCUT2D eigenvalue weighted by molar-refractivity contribution is 7.99. The first-order valence-electron chi connectivity index (χ1n) is 8.37. The van der Waals surface area contributed by atoms with Gasteiger partial charge in [-0.2, -0.15) is 11.8 Å². The molecule has 1 fully saturated rings. The summed E-state index contributed by atoms with van der Waals surface area (Å²) in [5, 5.41) is 32.4. The van der Waals surface area contributed by atoms with Crippen LogP contribution in [0.25, 0.3) is 11.2 Å². The lowest BCUT2D eigenvalue weighted by Crippen LogP contribution is -2.33. The van der Waals surface area contributed by atoms with Gasteiger partial charge in [0.15, 0.2) is 17.7 Å². The molecule has 1 aliphatic heterocycles. The van der Waals surface area contributed by atoms with Crippen LogP contribution < -0.4 is 11.1 Å². The van der Waals surface area contributed by atoms with Crippen molar-refractivity contribution in [1.82, 2.24) is 19.5 Å². The van der Waals surface area contributed by atoms with Crippen molar-refractivity contribution in [3.63, 3.8) is 0 Å². The van der Waals surface area contributed by atoms with Gasteiger partial charge in [-0.15, -0.1) is 0 Å². The average molecular weight is 398 g/mol. The molecule has 0 radical (unpaired) electrons. The third kappa shape index (κ3) is 3.99. The molecule has 12 heteroatoms. The molecule has 3 rings (SSSR count). The summed E-state index contributed by atoms with van der Waals surface area (Å²) in [6.07, 6.45) is -0.507. The van der Waals surface area contributed by atoms with Gasteiger partial charge in [0.1, 0.15) is 30.1 Å². The van der Waals surface area contributed by atoms with Gasteiger partial charge in [-0.1, -0.05) is 0 Å². The van der Waals surface area contributed by atoms with Crippen molar-refractivity contribution < 1.29 is 24.9 Å². The number of rotatable bonds is 8. The zero-order valence-electron chi connectivity index (χ0n) is 14.6. The number of anilines is 1. The quantitative estimate of drug-likeness (QED) is 0.347. The summed E-state index contributed by atoms with van der Waals surface area (Å²) in [4.78, 5) is 23.3. The molecule has 0 spiro atoms. The van der Waals surface area contributed by atoms with Gasteiger partial charge >= 0.3 is 5.97 Å². The largest absolute Gasteiger partial charge is 0.480 e. The number of hydrogen-bond donors (Lipinski definition) is 5. The summed E-state index contributed by atoms with van der Waals surface area (Å²) in [6, 6.07) is -0.913. The van der Waals surface area contributed by atoms with E-state index in [0.29, 0.717) is 34.9 Å². The second-order valence-electron chi connectivity index (χ2n) is 6.15. The van der Waals surface area contributed by atoms with Crippen LogP contribution in [-0.2, 0) is 9.53 Å². The lowest BCUT2D eigenvalue weighted by molar-refractivity contribution is -0.138. The third-order valence-electron chi connectivity index (χ3n) is 4.38. The van der Waals surface area contributed by atoms with Gasteiger partial charge in [-0.05, 0) is 12.2 Å². The Kier molecular flexibility index (Phi) is 6.11. The predicted octanol–water partition coefficient (Wildman–Crippen LogP) is -0.978. The Morgan fingerprint density at radius 3 is 2.89 bits per heavy atom. The molecule has 0 amide bonds. The number of aliphatic carboxylic acids is 1. The maximum Gasteiger partial charge on any atom is 0.320 e. The lowest BCUT2D eigenvalue weighted by Gasteiger charge is -2.16. The molecule has 1 saturated heterocycles. The van der Waals surface area contributed by atoms with E-state index in [2.05, 4.69) is 20.3 Å². The fourth-order valence-corrected chi connectivity index (χ4v) is 3.95. The van der Waals surface area contributed by atoms with Crippen LogP contribution in [0.4, 0.5) is 5.82 Å². The highest BCUT2D eigenvalue weighted by Gasteiger charge is 2.44. The van der Waals surface area contributed by atoms with Crippen LogP contribution in [-0.4, -0.2) is 83.7 Å². The van der Waals surface area contributed by atoms with E-state index in [0.717, 1.165) is 0 Å². The monoisotopic (exact) mass is 398 g/mol. The fourth-order valence-electron chi connectivity index (χ4n) is 2.85. The number of nitrogens with one attached hydrogen (secondary N) is 1. The van der Waals surface area contributed by atoms with E-state index in [9.17, 15) is 15.0 Å². The minimum Gasteiger partial charge on any atom is -0.480 e. The van der Waals surface area contributed by atoms with Crippen LogP contribution in [0.2, 0.25) is 0 Å². The molecule has 1 unspecified atom stereocenters. The van der Waals surface area contributed by atoms with Gasteiger partial charge in [0.25, 0.3) is 0 Å². The van der Waals surface area contributed by atoms with Gasteiger partial charge < -0.3 is 31.1 Å². The van der Waals surface area contributed by atoms with Crippen LogP contribution in [0.15, 0.2) is 12.7 Å². The lowest BCUT2D eigenvalue weighted by atomic mass is 10.1. The van der Waals surface area contributed by atoms with Gasteiger partial charge in [-0.25, -0.2) is 15.0 Å². The highest BCUT2D eigenvalue weighted by atomic mass is 32.2. The molecule has 1 aliphatic rings. The number of nitrogens with zero attached hydrogens (tertiary/aromatic N) is 4. The maximum absolute atomic E-state index is 10.7. The van der Waals surface area contributed by atoms with E-state index in [1.54, 1.807) is 11.6 Å². The molecule has 2 aromatic rings. The fraction of sp³-hybridized carbons (Fsp3) is 0.600. The average Bonchev–Trinajstić information content (AvgIpc) is 3.20. The van der Waals surface area contributed by atoms with Gasteiger partial charge in [0.2, 0.25) is 0 Å². The highest BCUT2D eigenvalue weighted by Crippen LogP contribution is 2.33. The second-order valence-corrected chi connectivity index (χ2v) is 7.30. The summed E-state index contributed by atoms with van der Waals surface area (Å²) in [5.41, 5.74) is 6.47. The Balaban J connectivity index is 1.66. The van der Waals surface area contributed by atoms with Crippen LogP contribution in [0, 0.1) is 0 Å². The van der Waals surface area contributed by atoms with Gasteiger partial charge in [0, 0.05) is 12.8 Å².